The zero-order valence-electron chi connectivity index (χ0n) is 13.3. The molecule has 3 aliphatic rings. The van der Waals surface area contributed by atoms with Crippen LogP contribution >= 0.6 is 11.6 Å². The van der Waals surface area contributed by atoms with Crippen molar-refractivity contribution in [3.63, 3.8) is 0 Å². The van der Waals surface area contributed by atoms with Crippen LogP contribution in [0.5, 0.6) is 0 Å². The van der Waals surface area contributed by atoms with E-state index >= 15 is 0 Å². The third-order valence-electron chi connectivity index (χ3n) is 6.42. The highest BCUT2D eigenvalue weighted by Crippen LogP contribution is 2.70. The average Bonchev–Trinajstić information content (AvgIpc) is 2.75. The first-order chi connectivity index (χ1) is 10.1. The molecule has 5 unspecified atom stereocenters. The van der Waals surface area contributed by atoms with Gasteiger partial charge in [-0.15, -0.1) is 0 Å². The highest BCUT2D eigenvalue weighted by atomic mass is 35.5. The van der Waals surface area contributed by atoms with Gasteiger partial charge in [-0.2, -0.15) is 5.10 Å². The number of aryl methyl sites for hydroxylation is 2. The monoisotopic (exact) mass is 307 g/mol. The number of aromatic nitrogens is 2. The minimum atomic E-state index is 0.591. The van der Waals surface area contributed by atoms with Crippen molar-refractivity contribution in [1.29, 1.82) is 0 Å². The summed E-state index contributed by atoms with van der Waals surface area (Å²) in [5.41, 5.74) is 2.35. The lowest BCUT2D eigenvalue weighted by Crippen LogP contribution is -2.35. The number of rotatable bonds is 5. The number of fused-ring (bicyclic) bond motifs is 5. The smallest absolute Gasteiger partial charge is 0.130 e. The summed E-state index contributed by atoms with van der Waals surface area (Å²) < 4.78 is 1.81. The molecule has 0 amide bonds. The SMILES string of the molecule is CCNC(Cc1c(C)nn(C)c1Cl)C1C2C3CCC(C3)C21. The Morgan fingerprint density at radius 2 is 2.00 bits per heavy atom. The Hall–Kier alpha value is -0.540. The molecule has 3 saturated carbocycles. The third kappa shape index (κ3) is 2.08. The summed E-state index contributed by atoms with van der Waals surface area (Å²) in [6.07, 6.45) is 5.56. The fraction of sp³-hybridized carbons (Fsp3) is 0.824. The maximum Gasteiger partial charge on any atom is 0.130 e. The highest BCUT2D eigenvalue weighted by Gasteiger charge is 2.66. The standard InChI is InChI=1S/C17H26ClN3/c1-4-19-13(8-12-9(2)20-21(3)17(12)18)16-14-10-5-6-11(7-10)15(14)16/h10-11,13-16,19H,4-8H2,1-3H3. The van der Waals surface area contributed by atoms with Crippen LogP contribution in [0.1, 0.15) is 37.4 Å². The van der Waals surface area contributed by atoms with E-state index in [9.17, 15) is 0 Å². The van der Waals surface area contributed by atoms with Crippen LogP contribution in [0.3, 0.4) is 0 Å². The molecular formula is C17H26ClN3. The van der Waals surface area contributed by atoms with Crippen LogP contribution in [0.15, 0.2) is 0 Å². The van der Waals surface area contributed by atoms with E-state index in [1.165, 1.54) is 24.8 Å². The first kappa shape index (κ1) is 14.1. The first-order valence-electron chi connectivity index (χ1n) is 8.53. The molecule has 0 aromatic carbocycles. The van der Waals surface area contributed by atoms with Gasteiger partial charge in [0, 0.05) is 18.7 Å². The lowest BCUT2D eigenvalue weighted by atomic mass is 9.93. The molecule has 0 saturated heterocycles. The van der Waals surface area contributed by atoms with Crippen LogP contribution < -0.4 is 5.32 Å². The Kier molecular flexibility index (Phi) is 3.34. The fourth-order valence-corrected chi connectivity index (χ4v) is 5.91. The average molecular weight is 308 g/mol. The van der Waals surface area contributed by atoms with Crippen molar-refractivity contribution in [2.75, 3.05) is 6.54 Å². The summed E-state index contributed by atoms with van der Waals surface area (Å²) in [6, 6.07) is 0.591. The summed E-state index contributed by atoms with van der Waals surface area (Å²) in [7, 11) is 1.94. The largest absolute Gasteiger partial charge is 0.314 e. The van der Waals surface area contributed by atoms with Gasteiger partial charge in [0.05, 0.1) is 5.69 Å². The molecule has 4 heteroatoms. The van der Waals surface area contributed by atoms with Crippen molar-refractivity contribution >= 4 is 11.6 Å². The molecular weight excluding hydrogens is 282 g/mol. The van der Waals surface area contributed by atoms with Crippen molar-refractivity contribution in [3.05, 3.63) is 16.4 Å². The minimum absolute atomic E-state index is 0.591. The number of halogens is 1. The van der Waals surface area contributed by atoms with Crippen LogP contribution in [0.2, 0.25) is 5.15 Å². The van der Waals surface area contributed by atoms with E-state index in [0.717, 1.165) is 53.4 Å². The molecule has 3 aliphatic carbocycles. The Morgan fingerprint density at radius 3 is 2.52 bits per heavy atom. The molecule has 0 spiro atoms. The summed E-state index contributed by atoms with van der Waals surface area (Å²) in [5, 5.41) is 9.06. The van der Waals surface area contributed by atoms with Gasteiger partial charge >= 0.3 is 0 Å². The van der Waals surface area contributed by atoms with E-state index in [1.807, 2.05) is 11.7 Å². The normalized spacial score (nSPS) is 37.8. The van der Waals surface area contributed by atoms with Gasteiger partial charge in [0.15, 0.2) is 0 Å². The zero-order valence-corrected chi connectivity index (χ0v) is 14.0. The van der Waals surface area contributed by atoms with E-state index in [1.54, 1.807) is 0 Å². The van der Waals surface area contributed by atoms with E-state index in [4.69, 9.17) is 11.6 Å². The Bertz CT molecular complexity index is 536. The van der Waals surface area contributed by atoms with Gasteiger partial charge in [-0.3, -0.25) is 4.68 Å². The van der Waals surface area contributed by atoms with E-state index in [-0.39, 0.29) is 0 Å². The molecule has 1 aromatic heterocycles. The van der Waals surface area contributed by atoms with Crippen LogP contribution in [0.25, 0.3) is 0 Å². The number of hydrogen-bond donors (Lipinski definition) is 1. The molecule has 3 nitrogen and oxygen atoms in total. The summed E-state index contributed by atoms with van der Waals surface area (Å²) in [6.45, 7) is 5.35. The van der Waals surface area contributed by atoms with Gasteiger partial charge < -0.3 is 5.32 Å². The molecule has 0 radical (unpaired) electrons. The molecule has 1 N–H and O–H groups in total. The summed E-state index contributed by atoms with van der Waals surface area (Å²) in [4.78, 5) is 0. The number of hydrogen-bond acceptors (Lipinski definition) is 2. The van der Waals surface area contributed by atoms with Crippen LogP contribution in [0.4, 0.5) is 0 Å². The quantitative estimate of drug-likeness (QED) is 0.905. The second kappa shape index (κ2) is 4.99. The number of likely N-dealkylation sites (N-methyl/N-ethyl adjacent to an activating group) is 1. The minimum Gasteiger partial charge on any atom is -0.314 e. The van der Waals surface area contributed by atoms with Crippen molar-refractivity contribution in [3.8, 4) is 0 Å². The Balaban J connectivity index is 1.53. The maximum atomic E-state index is 6.45. The maximum absolute atomic E-state index is 6.45. The van der Waals surface area contributed by atoms with Gasteiger partial charge in [0.25, 0.3) is 0 Å². The van der Waals surface area contributed by atoms with Gasteiger partial charge in [-0.1, -0.05) is 18.5 Å². The number of nitrogens with one attached hydrogen (secondary N) is 1. The number of nitrogens with zero attached hydrogens (tertiary/aromatic N) is 2. The van der Waals surface area contributed by atoms with Crippen molar-refractivity contribution in [1.82, 2.24) is 15.1 Å². The Labute approximate surface area is 132 Å². The molecule has 21 heavy (non-hydrogen) atoms. The molecule has 1 heterocycles. The van der Waals surface area contributed by atoms with Crippen LogP contribution in [-0.4, -0.2) is 22.4 Å². The van der Waals surface area contributed by atoms with Gasteiger partial charge in [0.1, 0.15) is 5.15 Å². The summed E-state index contributed by atoms with van der Waals surface area (Å²) in [5.74, 6) is 5.01. The van der Waals surface area contributed by atoms with Gasteiger partial charge in [-0.05, 0) is 68.7 Å². The van der Waals surface area contributed by atoms with Crippen LogP contribution in [0, 0.1) is 36.5 Å². The van der Waals surface area contributed by atoms with Crippen molar-refractivity contribution < 1.29 is 0 Å². The van der Waals surface area contributed by atoms with Crippen LogP contribution in [-0.2, 0) is 13.5 Å². The molecule has 0 aliphatic heterocycles. The topological polar surface area (TPSA) is 29.9 Å². The molecule has 2 bridgehead atoms. The van der Waals surface area contributed by atoms with E-state index < -0.39 is 0 Å². The van der Waals surface area contributed by atoms with Gasteiger partial charge in [-0.25, -0.2) is 0 Å². The summed E-state index contributed by atoms with van der Waals surface area (Å²) >= 11 is 6.45. The van der Waals surface area contributed by atoms with E-state index in [2.05, 4.69) is 24.3 Å². The zero-order chi connectivity index (χ0) is 14.7. The van der Waals surface area contributed by atoms with E-state index in [0.29, 0.717) is 6.04 Å². The second-order valence-corrected chi connectivity index (χ2v) is 7.77. The Morgan fingerprint density at radius 1 is 1.33 bits per heavy atom. The second-order valence-electron chi connectivity index (χ2n) is 7.41. The molecule has 3 fully saturated rings. The molecule has 4 rings (SSSR count). The molecule has 116 valence electrons. The lowest BCUT2D eigenvalue weighted by molar-refractivity contribution is 0.365. The third-order valence-corrected chi connectivity index (χ3v) is 6.89. The van der Waals surface area contributed by atoms with Gasteiger partial charge in [0.2, 0.25) is 0 Å². The lowest BCUT2D eigenvalue weighted by Gasteiger charge is -2.21. The first-order valence-corrected chi connectivity index (χ1v) is 8.91. The molecule has 5 atom stereocenters. The highest BCUT2D eigenvalue weighted by molar-refractivity contribution is 6.30. The predicted octanol–water partition coefficient (Wildman–Crippen LogP) is 3.19. The van der Waals surface area contributed by atoms with Crippen molar-refractivity contribution in [2.24, 2.45) is 36.6 Å². The molecule has 1 aromatic rings. The fourth-order valence-electron chi connectivity index (χ4n) is 5.66. The predicted molar refractivity (Wildman–Crippen MR) is 85.4 cm³/mol. The van der Waals surface area contributed by atoms with Crippen molar-refractivity contribution in [2.45, 2.75) is 45.6 Å².